The van der Waals surface area contributed by atoms with Crippen LogP contribution in [0.25, 0.3) is 17.2 Å². The highest BCUT2D eigenvalue weighted by molar-refractivity contribution is 5.60. The second-order valence-corrected chi connectivity index (χ2v) is 7.57. The second kappa shape index (κ2) is 8.16. The van der Waals surface area contributed by atoms with Crippen LogP contribution in [0.1, 0.15) is 36.1 Å². The lowest BCUT2D eigenvalue weighted by molar-refractivity contribution is 0.365. The van der Waals surface area contributed by atoms with Crippen LogP contribution in [0.4, 0.5) is 4.39 Å². The topological polar surface area (TPSA) is 55.6 Å². The van der Waals surface area contributed by atoms with Crippen LogP contribution in [0.5, 0.6) is 0 Å². The minimum atomic E-state index is -0.256. The molecule has 1 aliphatic rings. The molecular weight excluding hydrogens is 377 g/mol. The minimum absolute atomic E-state index is 0.256. The van der Waals surface area contributed by atoms with Gasteiger partial charge in [0.15, 0.2) is 0 Å². The van der Waals surface area contributed by atoms with Gasteiger partial charge in [0.25, 0.3) is 5.95 Å². The summed E-state index contributed by atoms with van der Waals surface area (Å²) in [5.41, 5.74) is 4.06. The molecule has 5 rings (SSSR count). The van der Waals surface area contributed by atoms with Crippen molar-refractivity contribution < 1.29 is 4.39 Å². The summed E-state index contributed by atoms with van der Waals surface area (Å²) in [5.74, 6) is 0.578. The van der Waals surface area contributed by atoms with Crippen molar-refractivity contribution in [2.24, 2.45) is 0 Å². The van der Waals surface area contributed by atoms with Crippen LogP contribution in [0.2, 0.25) is 0 Å². The van der Waals surface area contributed by atoms with Crippen molar-refractivity contribution in [3.05, 3.63) is 96.2 Å². The highest BCUT2D eigenvalue weighted by Crippen LogP contribution is 2.34. The number of benzene rings is 2. The second-order valence-electron chi connectivity index (χ2n) is 7.57. The third-order valence-corrected chi connectivity index (χ3v) is 5.65. The Hall–Kier alpha value is -3.38. The predicted octanol–water partition coefficient (Wildman–Crippen LogP) is 4.68. The van der Waals surface area contributed by atoms with Crippen LogP contribution in [-0.2, 0) is 0 Å². The van der Waals surface area contributed by atoms with Gasteiger partial charge in [0.05, 0.1) is 11.4 Å². The molecule has 1 aliphatic heterocycles. The fourth-order valence-corrected chi connectivity index (χ4v) is 4.09. The molecule has 1 fully saturated rings. The zero-order chi connectivity index (χ0) is 20.3. The molecule has 5 nitrogen and oxygen atoms in total. The van der Waals surface area contributed by atoms with E-state index in [1.54, 1.807) is 30.6 Å². The van der Waals surface area contributed by atoms with E-state index in [-0.39, 0.29) is 11.7 Å². The third-order valence-electron chi connectivity index (χ3n) is 5.65. The summed E-state index contributed by atoms with van der Waals surface area (Å²) in [6.45, 7) is 0.848. The third kappa shape index (κ3) is 3.74. The van der Waals surface area contributed by atoms with E-state index in [4.69, 9.17) is 5.10 Å². The van der Waals surface area contributed by atoms with Gasteiger partial charge in [-0.05, 0) is 54.8 Å². The predicted molar refractivity (Wildman–Crippen MR) is 114 cm³/mol. The minimum Gasteiger partial charge on any atom is -0.309 e. The van der Waals surface area contributed by atoms with Crippen molar-refractivity contribution in [1.82, 2.24) is 25.1 Å². The largest absolute Gasteiger partial charge is 0.309 e. The lowest BCUT2D eigenvalue weighted by Crippen LogP contribution is -2.33. The standard InChI is InChI=1S/C24H22FN5/c25-20-10-7-18(8-11-20)22-15-23(30(29-22)24-26-13-4-14-27-24)19-9-12-21(28-16-19)17-5-2-1-3-6-17/h1-8,10-11,13-15,19,21,28H,9,12,16H2/t19-,21+/m0/s1. The maximum Gasteiger partial charge on any atom is 0.250 e. The van der Waals surface area contributed by atoms with E-state index in [1.807, 2.05) is 10.7 Å². The monoisotopic (exact) mass is 399 g/mol. The Bertz CT molecular complexity index is 1100. The Labute approximate surface area is 174 Å². The highest BCUT2D eigenvalue weighted by Gasteiger charge is 2.27. The number of halogens is 1. The van der Waals surface area contributed by atoms with Crippen molar-refractivity contribution in [2.75, 3.05) is 6.54 Å². The number of rotatable bonds is 4. The molecule has 6 heteroatoms. The number of aromatic nitrogens is 4. The molecule has 4 aromatic rings. The van der Waals surface area contributed by atoms with Gasteiger partial charge in [-0.25, -0.2) is 19.0 Å². The van der Waals surface area contributed by atoms with Crippen LogP contribution < -0.4 is 5.32 Å². The first kappa shape index (κ1) is 18.6. The van der Waals surface area contributed by atoms with Gasteiger partial charge in [0.2, 0.25) is 0 Å². The average Bonchev–Trinajstić information content (AvgIpc) is 3.26. The molecule has 0 saturated carbocycles. The Kier molecular flexibility index (Phi) is 5.07. The SMILES string of the molecule is Fc1ccc(-c2cc([C@H]3CC[C@H](c4ccccc4)NC3)n(-c3ncccn3)n2)cc1. The number of hydrogen-bond donors (Lipinski definition) is 1. The summed E-state index contributed by atoms with van der Waals surface area (Å²) >= 11 is 0. The first-order valence-corrected chi connectivity index (χ1v) is 10.2. The fourth-order valence-electron chi connectivity index (χ4n) is 4.09. The summed E-state index contributed by atoms with van der Waals surface area (Å²) in [5, 5.41) is 8.46. The summed E-state index contributed by atoms with van der Waals surface area (Å²) in [4.78, 5) is 8.79. The average molecular weight is 399 g/mol. The van der Waals surface area contributed by atoms with Crippen LogP contribution in [-0.4, -0.2) is 26.3 Å². The van der Waals surface area contributed by atoms with Crippen molar-refractivity contribution in [3.63, 3.8) is 0 Å². The lowest BCUT2D eigenvalue weighted by atomic mass is 9.89. The van der Waals surface area contributed by atoms with Gasteiger partial charge in [-0.1, -0.05) is 30.3 Å². The molecule has 0 aliphatic carbocycles. The van der Waals surface area contributed by atoms with Gasteiger partial charge in [-0.3, -0.25) is 0 Å². The van der Waals surface area contributed by atoms with Crippen LogP contribution in [0.3, 0.4) is 0 Å². The van der Waals surface area contributed by atoms with E-state index in [9.17, 15) is 4.39 Å². The summed E-state index contributed by atoms with van der Waals surface area (Å²) < 4.78 is 15.2. The number of piperidine rings is 1. The summed E-state index contributed by atoms with van der Waals surface area (Å²) in [6.07, 6.45) is 5.52. The molecule has 1 saturated heterocycles. The van der Waals surface area contributed by atoms with E-state index in [0.29, 0.717) is 12.0 Å². The van der Waals surface area contributed by atoms with E-state index in [2.05, 4.69) is 45.6 Å². The van der Waals surface area contributed by atoms with Gasteiger partial charge >= 0.3 is 0 Å². The quantitative estimate of drug-likeness (QED) is 0.542. The molecule has 2 aromatic heterocycles. The molecule has 2 aromatic carbocycles. The zero-order valence-electron chi connectivity index (χ0n) is 16.4. The van der Waals surface area contributed by atoms with E-state index < -0.39 is 0 Å². The van der Waals surface area contributed by atoms with Crippen LogP contribution in [0.15, 0.2) is 79.1 Å². The van der Waals surface area contributed by atoms with Crippen molar-refractivity contribution in [1.29, 1.82) is 0 Å². The molecule has 3 heterocycles. The van der Waals surface area contributed by atoms with Gasteiger partial charge in [0.1, 0.15) is 5.82 Å². The summed E-state index contributed by atoms with van der Waals surface area (Å²) in [7, 11) is 0. The first-order valence-electron chi connectivity index (χ1n) is 10.2. The normalized spacial score (nSPS) is 19.0. The Morgan fingerprint density at radius 3 is 2.37 bits per heavy atom. The molecule has 0 radical (unpaired) electrons. The lowest BCUT2D eigenvalue weighted by Gasteiger charge is -2.30. The van der Waals surface area contributed by atoms with E-state index >= 15 is 0 Å². The molecule has 150 valence electrons. The maximum absolute atomic E-state index is 13.4. The molecule has 0 amide bonds. The number of nitrogens with one attached hydrogen (secondary N) is 1. The first-order chi connectivity index (χ1) is 14.8. The van der Waals surface area contributed by atoms with Gasteiger partial charge in [-0.15, -0.1) is 0 Å². The Balaban J connectivity index is 1.46. The molecular formula is C24H22FN5. The number of hydrogen-bond acceptors (Lipinski definition) is 4. The molecule has 0 spiro atoms. The summed E-state index contributed by atoms with van der Waals surface area (Å²) in [6, 6.07) is 21.2. The van der Waals surface area contributed by atoms with E-state index in [0.717, 1.165) is 36.3 Å². The van der Waals surface area contributed by atoms with Crippen LogP contribution >= 0.6 is 0 Å². The maximum atomic E-state index is 13.4. The Morgan fingerprint density at radius 2 is 1.67 bits per heavy atom. The highest BCUT2D eigenvalue weighted by atomic mass is 19.1. The molecule has 1 N–H and O–H groups in total. The van der Waals surface area contributed by atoms with Crippen molar-refractivity contribution in [3.8, 4) is 17.2 Å². The molecule has 30 heavy (non-hydrogen) atoms. The molecule has 2 atom stereocenters. The van der Waals surface area contributed by atoms with Gasteiger partial charge in [-0.2, -0.15) is 5.10 Å². The zero-order valence-corrected chi connectivity index (χ0v) is 16.4. The van der Waals surface area contributed by atoms with Crippen LogP contribution in [0, 0.1) is 5.82 Å². The molecule has 0 bridgehead atoms. The molecule has 0 unspecified atom stereocenters. The smallest absolute Gasteiger partial charge is 0.250 e. The van der Waals surface area contributed by atoms with E-state index in [1.165, 1.54) is 17.7 Å². The number of nitrogens with zero attached hydrogens (tertiary/aromatic N) is 4. The van der Waals surface area contributed by atoms with Crippen molar-refractivity contribution in [2.45, 2.75) is 24.8 Å². The fraction of sp³-hybridized carbons (Fsp3) is 0.208. The van der Waals surface area contributed by atoms with Crippen molar-refractivity contribution >= 4 is 0 Å². The van der Waals surface area contributed by atoms with Gasteiger partial charge in [0, 0.05) is 36.5 Å². The van der Waals surface area contributed by atoms with Gasteiger partial charge < -0.3 is 5.32 Å². The Morgan fingerprint density at radius 1 is 0.900 bits per heavy atom.